The first-order valence-corrected chi connectivity index (χ1v) is 8.79. The zero-order valence-corrected chi connectivity index (χ0v) is 13.2. The van der Waals surface area contributed by atoms with Gasteiger partial charge in [-0.3, -0.25) is 0 Å². The number of phosphoric acid groups is 2. The van der Waals surface area contributed by atoms with Crippen LogP contribution in [0, 0.1) is 0 Å². The van der Waals surface area contributed by atoms with Gasteiger partial charge < -0.3 is 29.4 Å². The van der Waals surface area contributed by atoms with Crippen molar-refractivity contribution in [2.24, 2.45) is 0 Å². The summed E-state index contributed by atoms with van der Waals surface area (Å²) in [6, 6.07) is 5.99. The van der Waals surface area contributed by atoms with E-state index in [1.165, 1.54) is 24.3 Å². The van der Waals surface area contributed by atoms with Crippen LogP contribution in [0.1, 0.15) is 23.7 Å². The molecule has 0 saturated carbocycles. The van der Waals surface area contributed by atoms with Crippen LogP contribution < -0.4 is 0 Å². The van der Waals surface area contributed by atoms with E-state index in [4.69, 9.17) is 29.4 Å². The minimum Gasteiger partial charge on any atom is -0.508 e. The lowest BCUT2D eigenvalue weighted by Gasteiger charge is -2.03. The van der Waals surface area contributed by atoms with E-state index in [0.29, 0.717) is 12.2 Å². The van der Waals surface area contributed by atoms with E-state index in [9.17, 15) is 13.9 Å². The highest BCUT2D eigenvalue weighted by Crippen LogP contribution is 2.53. The molecule has 5 N–H and O–H groups in total. The van der Waals surface area contributed by atoms with Crippen LogP contribution in [0.2, 0.25) is 0 Å². The first-order valence-electron chi connectivity index (χ1n) is 5.73. The van der Waals surface area contributed by atoms with E-state index < -0.39 is 15.6 Å². The molecule has 22 heavy (non-hydrogen) atoms. The van der Waals surface area contributed by atoms with E-state index in [0.717, 1.165) is 6.42 Å². The molecule has 0 radical (unpaired) electrons. The molecule has 1 aromatic carbocycles. The molecule has 0 aliphatic heterocycles. The average molecular weight is 358 g/mol. The van der Waals surface area contributed by atoms with Crippen molar-refractivity contribution in [3.05, 3.63) is 29.8 Å². The SMILES string of the molecule is CCCOC(=O)c1ccc(O)cc1.O=P(O)(O)OP(=O)(O)O. The second kappa shape index (κ2) is 9.02. The molecule has 126 valence electrons. The Morgan fingerprint density at radius 1 is 1.05 bits per heavy atom. The summed E-state index contributed by atoms with van der Waals surface area (Å²) < 4.78 is 27.1. The van der Waals surface area contributed by atoms with Gasteiger partial charge in [-0.05, 0) is 30.7 Å². The quantitative estimate of drug-likeness (QED) is 0.380. The number of benzene rings is 1. The molecule has 12 heteroatoms. The number of carbonyl (C=O) groups is 1. The Hall–Kier alpha value is -1.25. The molecular formula is C10H16O10P2. The standard InChI is InChI=1S/C10H12O3.H4O7P2/c1-2-7-13-10(12)8-3-5-9(11)6-4-8;1-8(2,3)7-9(4,5)6/h3-6,11H,2,7H2,1H3;(H2,1,2,3)(H2,4,5,6). The van der Waals surface area contributed by atoms with E-state index in [-0.39, 0.29) is 11.7 Å². The third kappa shape index (κ3) is 11.4. The fraction of sp³-hybridized carbons (Fsp3) is 0.300. The first kappa shape index (κ1) is 20.8. The lowest BCUT2D eigenvalue weighted by Crippen LogP contribution is -2.05. The van der Waals surface area contributed by atoms with E-state index >= 15 is 0 Å². The molecule has 0 aliphatic carbocycles. The van der Waals surface area contributed by atoms with E-state index in [1.54, 1.807) is 0 Å². The molecule has 0 heterocycles. The molecule has 0 aliphatic rings. The van der Waals surface area contributed by atoms with Crippen LogP contribution in [-0.2, 0) is 18.2 Å². The summed E-state index contributed by atoms with van der Waals surface area (Å²) in [4.78, 5) is 42.2. The Kier molecular flexibility index (Phi) is 8.50. The molecule has 0 aromatic heterocycles. The minimum atomic E-state index is -5.05. The highest BCUT2D eigenvalue weighted by molar-refractivity contribution is 7.60. The molecular weight excluding hydrogens is 342 g/mol. The summed E-state index contributed by atoms with van der Waals surface area (Å²) in [6.45, 7) is 2.36. The number of hydrogen-bond donors (Lipinski definition) is 5. The van der Waals surface area contributed by atoms with Crippen molar-refractivity contribution in [3.63, 3.8) is 0 Å². The first-order chi connectivity index (χ1) is 9.94. The van der Waals surface area contributed by atoms with Gasteiger partial charge in [0.25, 0.3) is 0 Å². The van der Waals surface area contributed by atoms with Crippen LogP contribution in [0.25, 0.3) is 0 Å². The van der Waals surface area contributed by atoms with Gasteiger partial charge in [0.15, 0.2) is 0 Å². The van der Waals surface area contributed by atoms with Gasteiger partial charge >= 0.3 is 21.6 Å². The molecule has 0 bridgehead atoms. The highest BCUT2D eigenvalue weighted by Gasteiger charge is 2.27. The molecule has 0 fully saturated rings. The number of hydrogen-bond acceptors (Lipinski definition) is 6. The summed E-state index contributed by atoms with van der Waals surface area (Å²) in [5.41, 5.74) is 0.464. The van der Waals surface area contributed by atoms with Crippen LogP contribution in [0.4, 0.5) is 0 Å². The van der Waals surface area contributed by atoms with Gasteiger partial charge in [-0.15, -0.1) is 0 Å². The zero-order valence-electron chi connectivity index (χ0n) is 11.4. The summed E-state index contributed by atoms with van der Waals surface area (Å²) in [5.74, 6) is -0.200. The molecule has 1 rings (SSSR count). The third-order valence-corrected chi connectivity index (χ3v) is 3.45. The van der Waals surface area contributed by atoms with Crippen molar-refractivity contribution in [3.8, 4) is 5.75 Å². The minimum absolute atomic E-state index is 0.145. The van der Waals surface area contributed by atoms with Crippen molar-refractivity contribution in [1.29, 1.82) is 0 Å². The topological polar surface area (TPSA) is 171 Å². The third-order valence-electron chi connectivity index (χ3n) is 1.75. The number of aromatic hydroxyl groups is 1. The number of phenolic OH excluding ortho intramolecular Hbond substituents is 1. The normalized spacial score (nSPS) is 11.3. The number of phenols is 1. The van der Waals surface area contributed by atoms with Crippen molar-refractivity contribution in [1.82, 2.24) is 0 Å². The largest absolute Gasteiger partial charge is 0.508 e. The summed E-state index contributed by atoms with van der Waals surface area (Å²) in [7, 11) is -10.1. The van der Waals surface area contributed by atoms with Gasteiger partial charge in [0.1, 0.15) is 5.75 Å². The summed E-state index contributed by atoms with van der Waals surface area (Å²) in [5, 5.41) is 8.96. The second-order valence-electron chi connectivity index (χ2n) is 3.75. The van der Waals surface area contributed by atoms with Crippen molar-refractivity contribution >= 4 is 21.6 Å². The number of esters is 1. The molecule has 0 saturated heterocycles. The fourth-order valence-electron chi connectivity index (χ4n) is 1.01. The van der Waals surface area contributed by atoms with Gasteiger partial charge in [0.2, 0.25) is 0 Å². The zero-order chi connectivity index (χ0) is 17.4. The maximum Gasteiger partial charge on any atom is 0.478 e. The summed E-state index contributed by atoms with van der Waals surface area (Å²) >= 11 is 0. The molecule has 0 amide bonds. The van der Waals surface area contributed by atoms with Crippen LogP contribution >= 0.6 is 15.6 Å². The van der Waals surface area contributed by atoms with Gasteiger partial charge in [-0.2, -0.15) is 4.31 Å². The second-order valence-corrected chi connectivity index (χ2v) is 6.36. The van der Waals surface area contributed by atoms with Crippen LogP contribution in [0.15, 0.2) is 24.3 Å². The molecule has 0 atom stereocenters. The predicted molar refractivity (Wildman–Crippen MR) is 73.9 cm³/mol. The Morgan fingerprint density at radius 2 is 1.50 bits per heavy atom. The molecule has 1 aromatic rings. The van der Waals surface area contributed by atoms with Crippen LogP contribution in [0.3, 0.4) is 0 Å². The maximum absolute atomic E-state index is 11.2. The number of rotatable bonds is 5. The van der Waals surface area contributed by atoms with Gasteiger partial charge in [-0.1, -0.05) is 6.92 Å². The fourth-order valence-corrected chi connectivity index (χ4v) is 2.12. The molecule has 10 nitrogen and oxygen atoms in total. The van der Waals surface area contributed by atoms with Gasteiger partial charge in [-0.25, -0.2) is 13.9 Å². The predicted octanol–water partition coefficient (Wildman–Crippen LogP) is 1.15. The average Bonchev–Trinajstić information content (AvgIpc) is 2.33. The molecule has 0 unspecified atom stereocenters. The van der Waals surface area contributed by atoms with E-state index in [2.05, 4.69) is 4.31 Å². The van der Waals surface area contributed by atoms with Gasteiger partial charge in [0.05, 0.1) is 12.2 Å². The molecule has 0 spiro atoms. The number of carbonyl (C=O) groups excluding carboxylic acids is 1. The lowest BCUT2D eigenvalue weighted by atomic mass is 10.2. The van der Waals surface area contributed by atoms with Crippen molar-refractivity contribution < 1.29 is 47.7 Å². The highest BCUT2D eigenvalue weighted by atomic mass is 31.3. The number of ether oxygens (including phenoxy) is 1. The monoisotopic (exact) mass is 358 g/mol. The lowest BCUT2D eigenvalue weighted by molar-refractivity contribution is 0.0505. The Morgan fingerprint density at radius 3 is 1.82 bits per heavy atom. The van der Waals surface area contributed by atoms with Gasteiger partial charge in [0, 0.05) is 0 Å². The van der Waals surface area contributed by atoms with Crippen molar-refractivity contribution in [2.45, 2.75) is 13.3 Å². The Labute approximate surface area is 125 Å². The van der Waals surface area contributed by atoms with Crippen LogP contribution in [0.5, 0.6) is 5.75 Å². The maximum atomic E-state index is 11.2. The van der Waals surface area contributed by atoms with Crippen molar-refractivity contribution in [2.75, 3.05) is 6.61 Å². The Bertz CT molecular complexity index is 538. The van der Waals surface area contributed by atoms with E-state index in [1.807, 2.05) is 6.92 Å². The summed E-state index contributed by atoms with van der Waals surface area (Å²) in [6.07, 6.45) is 0.809. The Balaban J connectivity index is 0.000000433. The van der Waals surface area contributed by atoms with Crippen LogP contribution in [-0.4, -0.2) is 37.3 Å². The smallest absolute Gasteiger partial charge is 0.478 e.